The molecule has 6 nitrogen and oxygen atoms in total. The number of carbonyl (C=O) groups is 1. The molecule has 0 fully saturated rings. The van der Waals surface area contributed by atoms with Crippen LogP contribution in [0.3, 0.4) is 0 Å². The van der Waals surface area contributed by atoms with Gasteiger partial charge in [-0.3, -0.25) is 14.7 Å². The third kappa shape index (κ3) is 12.8. The summed E-state index contributed by atoms with van der Waals surface area (Å²) in [5.41, 5.74) is 0. The maximum Gasteiger partial charge on any atom is 0.221 e. The molecule has 7 heteroatoms. The van der Waals surface area contributed by atoms with Gasteiger partial charge in [-0.25, -0.2) is 0 Å². The molecule has 144 valence electrons. The van der Waals surface area contributed by atoms with Crippen molar-refractivity contribution in [3.05, 3.63) is 0 Å². The average Bonchev–Trinajstić information content (AvgIpc) is 2.41. The molecular weight excluding hydrogens is 417 g/mol. The third-order valence-corrected chi connectivity index (χ3v) is 3.39. The minimum Gasteiger partial charge on any atom is -0.357 e. The molecule has 0 rings (SSSR count). The maximum atomic E-state index is 11.6. The summed E-state index contributed by atoms with van der Waals surface area (Å²) in [7, 11) is 0. The Kier molecular flexibility index (Phi) is 15.8. The molecule has 0 spiro atoms. The van der Waals surface area contributed by atoms with Gasteiger partial charge in [0, 0.05) is 44.2 Å². The van der Waals surface area contributed by atoms with E-state index in [1.165, 1.54) is 0 Å². The first-order valence-electron chi connectivity index (χ1n) is 8.85. The van der Waals surface area contributed by atoms with E-state index in [1.807, 2.05) is 20.8 Å². The van der Waals surface area contributed by atoms with Crippen LogP contribution in [0.5, 0.6) is 0 Å². The smallest absolute Gasteiger partial charge is 0.221 e. The molecule has 0 saturated carbocycles. The molecule has 0 heterocycles. The van der Waals surface area contributed by atoms with Crippen molar-refractivity contribution in [3.63, 3.8) is 0 Å². The first-order chi connectivity index (χ1) is 10.8. The quantitative estimate of drug-likeness (QED) is 0.269. The molecule has 0 aliphatic heterocycles. The fourth-order valence-corrected chi connectivity index (χ4v) is 2.42. The van der Waals surface area contributed by atoms with Gasteiger partial charge in [0.15, 0.2) is 5.96 Å². The Balaban J connectivity index is 0. The maximum absolute atomic E-state index is 11.6. The Labute approximate surface area is 165 Å². The monoisotopic (exact) mass is 455 g/mol. The molecule has 0 aliphatic carbocycles. The second kappa shape index (κ2) is 14.7. The topological polar surface area (TPSA) is 68.8 Å². The van der Waals surface area contributed by atoms with Crippen molar-refractivity contribution in [1.29, 1.82) is 0 Å². The normalized spacial score (nSPS) is 11.9. The number of rotatable bonds is 10. The summed E-state index contributed by atoms with van der Waals surface area (Å²) >= 11 is 0. The largest absolute Gasteiger partial charge is 0.357 e. The molecule has 1 amide bonds. The number of aliphatic imine (C=N–C) groups is 1. The lowest BCUT2D eigenvalue weighted by molar-refractivity contribution is -0.121. The summed E-state index contributed by atoms with van der Waals surface area (Å²) < 4.78 is 0. The number of carbonyl (C=O) groups excluding carboxylic acids is 1. The number of amides is 1. The van der Waals surface area contributed by atoms with E-state index in [0.29, 0.717) is 25.0 Å². The second-order valence-electron chi connectivity index (χ2n) is 6.58. The highest BCUT2D eigenvalue weighted by atomic mass is 127. The molecule has 24 heavy (non-hydrogen) atoms. The highest BCUT2D eigenvalue weighted by Gasteiger charge is 2.12. The second-order valence-corrected chi connectivity index (χ2v) is 6.58. The molecule has 0 unspecified atom stereocenters. The number of guanidine groups is 1. The number of nitrogens with zero attached hydrogens (tertiary/aromatic N) is 2. The summed E-state index contributed by atoms with van der Waals surface area (Å²) in [4.78, 5) is 18.6. The van der Waals surface area contributed by atoms with Crippen LogP contribution in [0.15, 0.2) is 4.99 Å². The summed E-state index contributed by atoms with van der Waals surface area (Å²) in [6.45, 7) is 17.9. The number of hydrogen-bond donors (Lipinski definition) is 3. The van der Waals surface area contributed by atoms with Gasteiger partial charge >= 0.3 is 0 Å². The molecular formula is C17H38IN5O. The molecule has 0 saturated heterocycles. The van der Waals surface area contributed by atoms with E-state index < -0.39 is 0 Å². The molecule has 0 aromatic rings. The van der Waals surface area contributed by atoms with Crippen LogP contribution in [0.1, 0.15) is 54.9 Å². The first kappa shape index (κ1) is 25.7. The van der Waals surface area contributed by atoms with Crippen molar-refractivity contribution in [2.24, 2.45) is 4.99 Å². The Morgan fingerprint density at radius 1 is 1.04 bits per heavy atom. The zero-order valence-corrected chi connectivity index (χ0v) is 18.8. The standard InChI is InChI=1S/C17H37N5O.HI/c1-8-18-17(19-10-9-16(23)21-13(2)3)20-11-12-22(14(4)5)15(6)7;/h13-15H,8-12H2,1-7H3,(H,21,23)(H2,18,19,20);1H. The van der Waals surface area contributed by atoms with E-state index >= 15 is 0 Å². The van der Waals surface area contributed by atoms with Crippen LogP contribution < -0.4 is 16.0 Å². The molecule has 0 radical (unpaired) electrons. The lowest BCUT2D eigenvalue weighted by Crippen LogP contribution is -2.42. The van der Waals surface area contributed by atoms with Gasteiger partial charge in [0.2, 0.25) is 5.91 Å². The van der Waals surface area contributed by atoms with Gasteiger partial charge in [0.05, 0.1) is 6.54 Å². The summed E-state index contributed by atoms with van der Waals surface area (Å²) in [5, 5.41) is 9.32. The van der Waals surface area contributed by atoms with E-state index in [2.05, 4.69) is 53.5 Å². The third-order valence-electron chi connectivity index (χ3n) is 3.39. The van der Waals surface area contributed by atoms with Gasteiger partial charge in [-0.1, -0.05) is 0 Å². The van der Waals surface area contributed by atoms with Crippen LogP contribution in [0.2, 0.25) is 0 Å². The molecule has 0 bridgehead atoms. The van der Waals surface area contributed by atoms with Crippen LogP contribution in [-0.4, -0.2) is 61.1 Å². The van der Waals surface area contributed by atoms with E-state index in [0.717, 1.165) is 25.6 Å². The van der Waals surface area contributed by atoms with Gasteiger partial charge in [0.1, 0.15) is 0 Å². The molecule has 0 aromatic carbocycles. The van der Waals surface area contributed by atoms with Crippen molar-refractivity contribution in [1.82, 2.24) is 20.9 Å². The van der Waals surface area contributed by atoms with Crippen LogP contribution >= 0.6 is 24.0 Å². The van der Waals surface area contributed by atoms with E-state index in [1.54, 1.807) is 0 Å². The SMILES string of the molecule is CCNC(=NCCN(C(C)C)C(C)C)NCCC(=O)NC(C)C.I. The Morgan fingerprint density at radius 3 is 2.08 bits per heavy atom. The van der Waals surface area contributed by atoms with Crippen molar-refractivity contribution in [2.45, 2.75) is 73.0 Å². The average molecular weight is 455 g/mol. The van der Waals surface area contributed by atoms with Gasteiger partial charge in [-0.2, -0.15) is 0 Å². The van der Waals surface area contributed by atoms with Crippen molar-refractivity contribution in [2.75, 3.05) is 26.2 Å². The fourth-order valence-electron chi connectivity index (χ4n) is 2.42. The summed E-state index contributed by atoms with van der Waals surface area (Å²) in [6, 6.07) is 1.21. The number of nitrogens with one attached hydrogen (secondary N) is 3. The van der Waals surface area contributed by atoms with E-state index in [9.17, 15) is 4.79 Å². The summed E-state index contributed by atoms with van der Waals surface area (Å²) in [5.74, 6) is 0.839. The highest BCUT2D eigenvalue weighted by molar-refractivity contribution is 14.0. The zero-order valence-electron chi connectivity index (χ0n) is 16.5. The molecule has 0 aromatic heterocycles. The summed E-state index contributed by atoms with van der Waals surface area (Å²) in [6.07, 6.45) is 0.451. The number of hydrogen-bond acceptors (Lipinski definition) is 3. The van der Waals surface area contributed by atoms with Gasteiger partial charge < -0.3 is 16.0 Å². The first-order valence-corrected chi connectivity index (χ1v) is 8.85. The fraction of sp³-hybridized carbons (Fsp3) is 0.882. The predicted octanol–water partition coefficient (Wildman–Crippen LogP) is 2.19. The van der Waals surface area contributed by atoms with E-state index in [-0.39, 0.29) is 35.9 Å². The van der Waals surface area contributed by atoms with Gasteiger partial charge in [0.25, 0.3) is 0 Å². The van der Waals surface area contributed by atoms with Crippen molar-refractivity contribution in [3.8, 4) is 0 Å². The molecule has 0 atom stereocenters. The van der Waals surface area contributed by atoms with Crippen LogP contribution in [0.4, 0.5) is 0 Å². The van der Waals surface area contributed by atoms with Crippen LogP contribution in [0.25, 0.3) is 0 Å². The van der Waals surface area contributed by atoms with E-state index in [4.69, 9.17) is 0 Å². The zero-order chi connectivity index (χ0) is 17.8. The Morgan fingerprint density at radius 2 is 1.62 bits per heavy atom. The minimum absolute atomic E-state index is 0. The number of halogens is 1. The van der Waals surface area contributed by atoms with Crippen molar-refractivity contribution >= 4 is 35.8 Å². The lowest BCUT2D eigenvalue weighted by Gasteiger charge is -2.29. The predicted molar refractivity (Wildman–Crippen MR) is 114 cm³/mol. The van der Waals surface area contributed by atoms with Gasteiger partial charge in [-0.05, 0) is 48.5 Å². The molecule has 3 N–H and O–H groups in total. The van der Waals surface area contributed by atoms with Crippen LogP contribution in [-0.2, 0) is 4.79 Å². The molecule has 0 aliphatic rings. The highest BCUT2D eigenvalue weighted by Crippen LogP contribution is 2.03. The van der Waals surface area contributed by atoms with Gasteiger partial charge in [-0.15, -0.1) is 24.0 Å². The Bertz CT molecular complexity index is 351. The van der Waals surface area contributed by atoms with Crippen LogP contribution in [0, 0.1) is 0 Å². The lowest BCUT2D eigenvalue weighted by atomic mass is 10.2. The Hall–Kier alpha value is -0.570. The van der Waals surface area contributed by atoms with Crippen molar-refractivity contribution < 1.29 is 4.79 Å². The minimum atomic E-state index is 0.